The summed E-state index contributed by atoms with van der Waals surface area (Å²) >= 11 is 0. The van der Waals surface area contributed by atoms with Crippen molar-refractivity contribution >= 4 is 34.0 Å². The average Bonchev–Trinajstić information content (AvgIpc) is 3.41. The van der Waals surface area contributed by atoms with E-state index in [0.29, 0.717) is 17.5 Å². The number of nitrogens with zero attached hydrogens (tertiary/aromatic N) is 2. The van der Waals surface area contributed by atoms with E-state index in [4.69, 9.17) is 0 Å². The van der Waals surface area contributed by atoms with Crippen molar-refractivity contribution < 1.29 is 19.6 Å². The van der Waals surface area contributed by atoms with Crippen molar-refractivity contribution in [1.82, 2.24) is 9.88 Å². The molecule has 8 heteroatoms. The standard InChI is InChI=1S/C28H23N3O5/c1-17-9-11-18(12-10-17)26(32)24-25(19-5-4-6-21(15-19)31(35)36)30(28(34)27(24)33)14-13-20-16-29-23-8-3-2-7-22(20)23/h2-12,15-16,25,29,32H,13-14H2,1H3/t25-/m0/s1. The lowest BCUT2D eigenvalue weighted by molar-refractivity contribution is -0.384. The summed E-state index contributed by atoms with van der Waals surface area (Å²) in [5.41, 5.74) is 3.45. The number of nitro groups is 1. The summed E-state index contributed by atoms with van der Waals surface area (Å²) in [4.78, 5) is 42.0. The summed E-state index contributed by atoms with van der Waals surface area (Å²) in [6.45, 7) is 2.08. The Morgan fingerprint density at radius 2 is 1.81 bits per heavy atom. The number of carbonyl (C=O) groups is 2. The molecular weight excluding hydrogens is 458 g/mol. The Balaban J connectivity index is 1.59. The highest BCUT2D eigenvalue weighted by Crippen LogP contribution is 2.40. The van der Waals surface area contributed by atoms with E-state index in [0.717, 1.165) is 22.0 Å². The van der Waals surface area contributed by atoms with Crippen LogP contribution in [-0.4, -0.2) is 38.1 Å². The molecule has 1 aliphatic rings. The molecule has 0 unspecified atom stereocenters. The second-order valence-corrected chi connectivity index (χ2v) is 8.82. The van der Waals surface area contributed by atoms with Gasteiger partial charge in [-0.15, -0.1) is 0 Å². The third kappa shape index (κ3) is 4.02. The van der Waals surface area contributed by atoms with Crippen LogP contribution in [0, 0.1) is 17.0 Å². The number of H-pyrrole nitrogens is 1. The zero-order chi connectivity index (χ0) is 25.4. The normalized spacial score (nSPS) is 17.1. The maximum Gasteiger partial charge on any atom is 0.295 e. The number of para-hydroxylation sites is 1. The largest absolute Gasteiger partial charge is 0.507 e. The number of amides is 1. The predicted octanol–water partition coefficient (Wildman–Crippen LogP) is 5.05. The van der Waals surface area contributed by atoms with Gasteiger partial charge in [0.05, 0.1) is 16.5 Å². The Morgan fingerprint density at radius 3 is 2.56 bits per heavy atom. The second-order valence-electron chi connectivity index (χ2n) is 8.82. The molecule has 2 N–H and O–H groups in total. The summed E-state index contributed by atoms with van der Waals surface area (Å²) in [7, 11) is 0. The van der Waals surface area contributed by atoms with Gasteiger partial charge in [0.1, 0.15) is 5.76 Å². The summed E-state index contributed by atoms with van der Waals surface area (Å²) < 4.78 is 0. The first-order valence-corrected chi connectivity index (χ1v) is 11.5. The minimum atomic E-state index is -0.962. The lowest BCUT2D eigenvalue weighted by Gasteiger charge is -2.25. The van der Waals surface area contributed by atoms with Gasteiger partial charge in [-0.25, -0.2) is 0 Å². The van der Waals surface area contributed by atoms with Gasteiger partial charge in [0.15, 0.2) is 0 Å². The minimum absolute atomic E-state index is 0.0803. The molecule has 1 aliphatic heterocycles. The molecule has 8 nitrogen and oxygen atoms in total. The van der Waals surface area contributed by atoms with E-state index in [2.05, 4.69) is 4.98 Å². The molecule has 2 heterocycles. The number of hydrogen-bond donors (Lipinski definition) is 2. The number of nitro benzene ring substituents is 1. The highest BCUT2D eigenvalue weighted by atomic mass is 16.6. The fourth-order valence-electron chi connectivity index (χ4n) is 4.71. The number of rotatable bonds is 6. The van der Waals surface area contributed by atoms with Gasteiger partial charge >= 0.3 is 0 Å². The molecule has 1 saturated heterocycles. The first-order valence-electron chi connectivity index (χ1n) is 11.5. The van der Waals surface area contributed by atoms with Crippen LogP contribution in [0.5, 0.6) is 0 Å². The number of benzene rings is 3. The van der Waals surface area contributed by atoms with Crippen molar-refractivity contribution in [2.75, 3.05) is 6.54 Å². The van der Waals surface area contributed by atoms with Gasteiger partial charge in [-0.2, -0.15) is 0 Å². The van der Waals surface area contributed by atoms with Crippen LogP contribution in [0.25, 0.3) is 16.7 Å². The molecule has 180 valence electrons. The number of aliphatic hydroxyl groups is 1. The van der Waals surface area contributed by atoms with Gasteiger partial charge < -0.3 is 15.0 Å². The fraction of sp³-hybridized carbons (Fsp3) is 0.143. The summed E-state index contributed by atoms with van der Waals surface area (Å²) in [5, 5.41) is 23.6. The molecule has 0 bridgehead atoms. The van der Waals surface area contributed by atoms with Crippen molar-refractivity contribution in [1.29, 1.82) is 0 Å². The molecule has 0 spiro atoms. The number of aromatic nitrogens is 1. The van der Waals surface area contributed by atoms with Crippen LogP contribution >= 0.6 is 0 Å². The van der Waals surface area contributed by atoms with Gasteiger partial charge in [0.2, 0.25) is 0 Å². The Kier molecular flexibility index (Phi) is 5.85. The third-order valence-corrected chi connectivity index (χ3v) is 6.56. The zero-order valence-electron chi connectivity index (χ0n) is 19.5. The monoisotopic (exact) mass is 481 g/mol. The predicted molar refractivity (Wildman–Crippen MR) is 135 cm³/mol. The molecule has 36 heavy (non-hydrogen) atoms. The lowest BCUT2D eigenvalue weighted by atomic mass is 9.94. The SMILES string of the molecule is Cc1ccc(C(O)=C2C(=O)C(=O)N(CCc3c[nH]c4ccccc34)[C@H]2c2cccc([N+](=O)[O-])c2)cc1. The molecule has 1 atom stereocenters. The maximum atomic E-state index is 13.2. The zero-order valence-corrected chi connectivity index (χ0v) is 19.5. The Hall–Kier alpha value is -4.72. The lowest BCUT2D eigenvalue weighted by Crippen LogP contribution is -2.31. The van der Waals surface area contributed by atoms with Crippen LogP contribution in [-0.2, 0) is 16.0 Å². The van der Waals surface area contributed by atoms with Gasteiger partial charge in [0.25, 0.3) is 17.4 Å². The van der Waals surface area contributed by atoms with Gasteiger partial charge in [-0.3, -0.25) is 19.7 Å². The minimum Gasteiger partial charge on any atom is -0.507 e. The molecule has 1 fully saturated rings. The molecule has 4 aromatic rings. The number of ketones is 1. The molecule has 1 amide bonds. The van der Waals surface area contributed by atoms with Crippen molar-refractivity contribution in [3.8, 4) is 0 Å². The van der Waals surface area contributed by atoms with Crippen molar-refractivity contribution in [3.63, 3.8) is 0 Å². The van der Waals surface area contributed by atoms with E-state index in [9.17, 15) is 24.8 Å². The van der Waals surface area contributed by atoms with Crippen LogP contribution in [0.1, 0.15) is 28.3 Å². The number of carbonyl (C=O) groups excluding carboxylic acids is 2. The second kappa shape index (κ2) is 9.14. The van der Waals surface area contributed by atoms with Gasteiger partial charge in [-0.1, -0.05) is 60.2 Å². The maximum absolute atomic E-state index is 13.2. The first kappa shape index (κ1) is 23.0. The Labute approximate surface area is 206 Å². The van der Waals surface area contributed by atoms with Crippen LogP contribution < -0.4 is 0 Å². The topological polar surface area (TPSA) is 117 Å². The van der Waals surface area contributed by atoms with E-state index in [-0.39, 0.29) is 23.6 Å². The molecule has 3 aromatic carbocycles. The summed E-state index contributed by atoms with van der Waals surface area (Å²) in [6.07, 6.45) is 2.32. The van der Waals surface area contributed by atoms with E-state index in [1.807, 2.05) is 37.4 Å². The van der Waals surface area contributed by atoms with E-state index >= 15 is 0 Å². The van der Waals surface area contributed by atoms with Crippen LogP contribution in [0.4, 0.5) is 5.69 Å². The van der Waals surface area contributed by atoms with E-state index in [1.54, 1.807) is 30.3 Å². The van der Waals surface area contributed by atoms with Gasteiger partial charge in [-0.05, 0) is 30.5 Å². The number of likely N-dealkylation sites (tertiary alicyclic amines) is 1. The Bertz CT molecular complexity index is 1530. The highest BCUT2D eigenvalue weighted by molar-refractivity contribution is 6.46. The quantitative estimate of drug-likeness (QED) is 0.131. The molecule has 0 aliphatic carbocycles. The average molecular weight is 482 g/mol. The van der Waals surface area contributed by atoms with Crippen molar-refractivity contribution in [2.45, 2.75) is 19.4 Å². The molecule has 0 radical (unpaired) electrons. The first-order chi connectivity index (χ1) is 17.3. The number of hydrogen-bond acceptors (Lipinski definition) is 5. The molecule has 1 aromatic heterocycles. The van der Waals surface area contributed by atoms with Crippen LogP contribution in [0.15, 0.2) is 84.6 Å². The number of aryl methyl sites for hydroxylation is 1. The fourth-order valence-corrected chi connectivity index (χ4v) is 4.71. The smallest absolute Gasteiger partial charge is 0.295 e. The van der Waals surface area contributed by atoms with Crippen molar-refractivity contribution in [3.05, 3.63) is 117 Å². The number of fused-ring (bicyclic) bond motifs is 1. The van der Waals surface area contributed by atoms with E-state index < -0.39 is 22.7 Å². The Morgan fingerprint density at radius 1 is 1.06 bits per heavy atom. The van der Waals surface area contributed by atoms with Crippen molar-refractivity contribution in [2.24, 2.45) is 0 Å². The third-order valence-electron chi connectivity index (χ3n) is 6.56. The molecule has 0 saturated carbocycles. The van der Waals surface area contributed by atoms with Crippen LogP contribution in [0.2, 0.25) is 0 Å². The number of aliphatic hydroxyl groups excluding tert-OH is 1. The number of non-ortho nitro benzene ring substituents is 1. The summed E-state index contributed by atoms with van der Waals surface area (Å²) in [5.74, 6) is -1.87. The number of aromatic amines is 1. The molecule has 5 rings (SSSR count). The van der Waals surface area contributed by atoms with Crippen LogP contribution in [0.3, 0.4) is 0 Å². The van der Waals surface area contributed by atoms with Gasteiger partial charge in [0, 0.05) is 41.3 Å². The van der Waals surface area contributed by atoms with E-state index in [1.165, 1.54) is 23.1 Å². The highest BCUT2D eigenvalue weighted by Gasteiger charge is 2.46. The molecular formula is C28H23N3O5. The number of nitrogens with one attached hydrogen (secondary N) is 1. The number of Topliss-reactive ketones (excluding diaryl/α,β-unsaturated/α-hetero) is 1. The summed E-state index contributed by atoms with van der Waals surface area (Å²) in [6, 6.07) is 19.6.